The van der Waals surface area contributed by atoms with Crippen molar-refractivity contribution < 1.29 is 9.84 Å². The second kappa shape index (κ2) is 7.11. The van der Waals surface area contributed by atoms with Crippen LogP contribution in [0.1, 0.15) is 0 Å². The van der Waals surface area contributed by atoms with Gasteiger partial charge >= 0.3 is 0 Å². The molecule has 0 bridgehead atoms. The van der Waals surface area contributed by atoms with Crippen molar-refractivity contribution in [1.82, 2.24) is 4.57 Å². The summed E-state index contributed by atoms with van der Waals surface area (Å²) in [5, 5.41) is 10.0. The number of halogens is 1. The third-order valence-electron chi connectivity index (χ3n) is 4.65. The van der Waals surface area contributed by atoms with E-state index in [4.69, 9.17) is 21.4 Å². The van der Waals surface area contributed by atoms with Crippen molar-refractivity contribution in [3.63, 3.8) is 0 Å². The molecule has 5 nitrogen and oxygen atoms in total. The highest BCUT2D eigenvalue weighted by atomic mass is 35.5. The summed E-state index contributed by atoms with van der Waals surface area (Å²) in [7, 11) is 0. The molecule has 0 aliphatic carbocycles. The number of hydrogen-bond acceptors (Lipinski definition) is 4. The quantitative estimate of drug-likeness (QED) is 0.750. The van der Waals surface area contributed by atoms with Crippen molar-refractivity contribution in [3.8, 4) is 5.69 Å². The minimum Gasteiger partial charge on any atom is -0.394 e. The molecule has 1 saturated heterocycles. The van der Waals surface area contributed by atoms with Gasteiger partial charge in [-0.2, -0.15) is 0 Å². The molecule has 6 heteroatoms. The molecule has 4 rings (SSSR count). The molecule has 0 unspecified atom stereocenters. The van der Waals surface area contributed by atoms with Gasteiger partial charge in [-0.05, 0) is 42.5 Å². The Kier molecular flexibility index (Phi) is 4.68. The van der Waals surface area contributed by atoms with Gasteiger partial charge in [-0.1, -0.05) is 11.6 Å². The molecule has 1 aliphatic heterocycles. The van der Waals surface area contributed by atoms with Crippen LogP contribution in [-0.2, 0) is 4.74 Å². The minimum absolute atomic E-state index is 0.0148. The molecule has 26 heavy (non-hydrogen) atoms. The first-order valence-corrected chi connectivity index (χ1v) is 8.92. The van der Waals surface area contributed by atoms with Gasteiger partial charge in [0.1, 0.15) is 0 Å². The number of aliphatic hydroxyl groups is 1. The molecule has 1 aliphatic rings. The van der Waals surface area contributed by atoms with E-state index < -0.39 is 0 Å². The van der Waals surface area contributed by atoms with Gasteiger partial charge in [0.25, 0.3) is 0 Å². The SMILES string of the molecule is O=c1ccn(-c2ccc(N3CC(OCCO)C3)cc2)c2cc(Cl)ccc12. The molecule has 1 fully saturated rings. The van der Waals surface area contributed by atoms with E-state index in [1.807, 2.05) is 22.8 Å². The van der Waals surface area contributed by atoms with Crippen molar-refractivity contribution in [2.45, 2.75) is 6.10 Å². The van der Waals surface area contributed by atoms with Gasteiger partial charge in [-0.25, -0.2) is 0 Å². The van der Waals surface area contributed by atoms with Crippen molar-refractivity contribution >= 4 is 28.2 Å². The smallest absolute Gasteiger partial charge is 0.189 e. The lowest BCUT2D eigenvalue weighted by Crippen LogP contribution is -2.52. The zero-order valence-corrected chi connectivity index (χ0v) is 14.9. The number of rotatable bonds is 5. The fourth-order valence-corrected chi connectivity index (χ4v) is 3.41. The topological polar surface area (TPSA) is 54.7 Å². The summed E-state index contributed by atoms with van der Waals surface area (Å²) < 4.78 is 7.47. The zero-order valence-electron chi connectivity index (χ0n) is 14.1. The van der Waals surface area contributed by atoms with Crippen molar-refractivity contribution in [2.75, 3.05) is 31.2 Å². The standard InChI is InChI=1S/C20H19ClN2O3/c21-14-1-6-18-19(11-14)23(8-7-20(18)25)16-4-2-15(3-5-16)22-12-17(13-22)26-10-9-24/h1-8,11,17,24H,9-10,12-13H2. The van der Waals surface area contributed by atoms with Crippen LogP contribution >= 0.6 is 11.6 Å². The van der Waals surface area contributed by atoms with E-state index in [-0.39, 0.29) is 18.1 Å². The second-order valence-electron chi connectivity index (χ2n) is 6.35. The molecule has 0 radical (unpaired) electrons. The Morgan fingerprint density at radius 2 is 1.81 bits per heavy atom. The van der Waals surface area contributed by atoms with Gasteiger partial charge in [0, 0.05) is 47.1 Å². The molecule has 1 N–H and O–H groups in total. The van der Waals surface area contributed by atoms with E-state index in [9.17, 15) is 4.79 Å². The Balaban J connectivity index is 1.58. The van der Waals surface area contributed by atoms with Crippen LogP contribution in [0.5, 0.6) is 0 Å². The zero-order chi connectivity index (χ0) is 18.1. The van der Waals surface area contributed by atoms with E-state index in [2.05, 4.69) is 17.0 Å². The lowest BCUT2D eigenvalue weighted by atomic mass is 10.1. The molecule has 0 saturated carbocycles. The van der Waals surface area contributed by atoms with Crippen LogP contribution in [0, 0.1) is 0 Å². The summed E-state index contributed by atoms with van der Waals surface area (Å²) in [6, 6.07) is 15.1. The Bertz CT molecular complexity index is 979. The molecule has 0 amide bonds. The molecule has 2 heterocycles. The van der Waals surface area contributed by atoms with Crippen LogP contribution < -0.4 is 10.3 Å². The van der Waals surface area contributed by atoms with Crippen molar-refractivity contribution in [2.24, 2.45) is 0 Å². The number of pyridine rings is 1. The highest BCUT2D eigenvalue weighted by Crippen LogP contribution is 2.25. The molecule has 2 aromatic carbocycles. The summed E-state index contributed by atoms with van der Waals surface area (Å²) >= 11 is 6.12. The van der Waals surface area contributed by atoms with E-state index in [1.54, 1.807) is 24.4 Å². The maximum Gasteiger partial charge on any atom is 0.189 e. The average Bonchev–Trinajstić information content (AvgIpc) is 2.61. The van der Waals surface area contributed by atoms with Crippen LogP contribution in [0.3, 0.4) is 0 Å². The fraction of sp³-hybridized carbons (Fsp3) is 0.250. The summed E-state index contributed by atoms with van der Waals surface area (Å²) in [4.78, 5) is 14.3. The monoisotopic (exact) mass is 370 g/mol. The van der Waals surface area contributed by atoms with E-state index in [0.29, 0.717) is 17.0 Å². The van der Waals surface area contributed by atoms with Gasteiger partial charge < -0.3 is 19.3 Å². The molecular formula is C20H19ClN2O3. The van der Waals surface area contributed by atoms with Gasteiger partial charge in [-0.3, -0.25) is 4.79 Å². The highest BCUT2D eigenvalue weighted by Gasteiger charge is 2.27. The third kappa shape index (κ3) is 3.21. The Labute approximate surface area is 156 Å². The number of benzene rings is 2. The van der Waals surface area contributed by atoms with Gasteiger partial charge in [-0.15, -0.1) is 0 Å². The molecular weight excluding hydrogens is 352 g/mol. The number of aromatic nitrogens is 1. The van der Waals surface area contributed by atoms with Crippen LogP contribution in [-0.4, -0.2) is 42.1 Å². The van der Waals surface area contributed by atoms with Crippen LogP contribution in [0.25, 0.3) is 16.6 Å². The molecule has 3 aromatic rings. The molecule has 1 aromatic heterocycles. The summed E-state index contributed by atoms with van der Waals surface area (Å²) in [6.45, 7) is 2.10. The summed E-state index contributed by atoms with van der Waals surface area (Å²) in [5.41, 5.74) is 2.87. The Morgan fingerprint density at radius 1 is 1.08 bits per heavy atom. The first-order chi connectivity index (χ1) is 12.7. The Morgan fingerprint density at radius 3 is 2.54 bits per heavy atom. The maximum absolute atomic E-state index is 12.1. The highest BCUT2D eigenvalue weighted by molar-refractivity contribution is 6.31. The number of aliphatic hydroxyl groups excluding tert-OH is 1. The average molecular weight is 371 g/mol. The predicted octanol–water partition coefficient (Wildman–Crippen LogP) is 2.84. The van der Waals surface area contributed by atoms with Gasteiger partial charge in [0.05, 0.1) is 24.8 Å². The van der Waals surface area contributed by atoms with E-state index >= 15 is 0 Å². The first kappa shape index (κ1) is 17.1. The fourth-order valence-electron chi connectivity index (χ4n) is 3.25. The van der Waals surface area contributed by atoms with Crippen LogP contribution in [0.2, 0.25) is 5.02 Å². The van der Waals surface area contributed by atoms with E-state index in [1.165, 1.54) is 0 Å². The lowest BCUT2D eigenvalue weighted by molar-refractivity contribution is 0.0135. The van der Waals surface area contributed by atoms with Crippen molar-refractivity contribution in [1.29, 1.82) is 0 Å². The third-order valence-corrected chi connectivity index (χ3v) is 4.88. The van der Waals surface area contributed by atoms with Crippen LogP contribution in [0.15, 0.2) is 59.5 Å². The predicted molar refractivity (Wildman–Crippen MR) is 104 cm³/mol. The minimum atomic E-state index is -0.0148. The normalized spacial score (nSPS) is 14.6. The lowest BCUT2D eigenvalue weighted by Gasteiger charge is -2.40. The number of hydrogen-bond donors (Lipinski definition) is 1. The molecule has 0 spiro atoms. The number of nitrogens with zero attached hydrogens (tertiary/aromatic N) is 2. The van der Waals surface area contributed by atoms with E-state index in [0.717, 1.165) is 30.0 Å². The van der Waals surface area contributed by atoms with Crippen molar-refractivity contribution in [3.05, 3.63) is 70.0 Å². The molecule has 0 atom stereocenters. The van der Waals surface area contributed by atoms with Crippen LogP contribution in [0.4, 0.5) is 5.69 Å². The second-order valence-corrected chi connectivity index (χ2v) is 6.79. The number of ether oxygens (including phenoxy) is 1. The molecule has 134 valence electrons. The number of anilines is 1. The summed E-state index contributed by atoms with van der Waals surface area (Å²) in [6.07, 6.45) is 1.96. The van der Waals surface area contributed by atoms with Gasteiger partial charge in [0.15, 0.2) is 5.43 Å². The Hall–Kier alpha value is -2.34. The summed E-state index contributed by atoms with van der Waals surface area (Å²) in [5.74, 6) is 0. The largest absolute Gasteiger partial charge is 0.394 e. The first-order valence-electron chi connectivity index (χ1n) is 8.54. The van der Waals surface area contributed by atoms with Gasteiger partial charge in [0.2, 0.25) is 0 Å². The maximum atomic E-state index is 12.1. The number of fused-ring (bicyclic) bond motifs is 1.